The number of hydrogen-bond acceptors (Lipinski definition) is 4. The third-order valence-electron chi connectivity index (χ3n) is 1.33. The third kappa shape index (κ3) is 6.77. The van der Waals surface area contributed by atoms with E-state index in [1.165, 1.54) is 7.05 Å². The molecule has 0 rings (SSSR count). The van der Waals surface area contributed by atoms with Crippen molar-refractivity contribution in [3.05, 3.63) is 0 Å². The Kier molecular flexibility index (Phi) is 7.28. The van der Waals surface area contributed by atoms with Crippen molar-refractivity contribution in [2.75, 3.05) is 12.8 Å². The Balaban J connectivity index is 4.10. The van der Waals surface area contributed by atoms with Crippen LogP contribution >= 0.6 is 11.8 Å². The molecule has 0 bridgehead atoms. The van der Waals surface area contributed by atoms with Crippen LogP contribution in [0.1, 0.15) is 27.2 Å². The Bertz CT molecular complexity index is 205. The lowest BCUT2D eigenvalue weighted by molar-refractivity contribution is 0.153. The van der Waals surface area contributed by atoms with Crippen molar-refractivity contribution in [2.45, 2.75) is 27.2 Å². The summed E-state index contributed by atoms with van der Waals surface area (Å²) in [6.07, 6.45) is 0.318. The largest absolute Gasteiger partial charge is 0.433 e. The predicted molar refractivity (Wildman–Crippen MR) is 60.6 cm³/mol. The van der Waals surface area contributed by atoms with Crippen LogP contribution in [-0.2, 0) is 4.84 Å². The number of rotatable bonds is 4. The molecule has 14 heavy (non-hydrogen) atoms. The summed E-state index contributed by atoms with van der Waals surface area (Å²) in [6, 6.07) is 0. The minimum Gasteiger partial charge on any atom is -0.323 e. The molecule has 0 atom stereocenters. The van der Waals surface area contributed by atoms with E-state index in [-0.39, 0.29) is 0 Å². The van der Waals surface area contributed by atoms with Crippen LogP contribution < -0.4 is 5.32 Å². The van der Waals surface area contributed by atoms with Crippen LogP contribution in [0.2, 0.25) is 0 Å². The Labute approximate surface area is 89.5 Å². The molecule has 0 saturated carbocycles. The smallest absolute Gasteiger partial charge is 0.323 e. The average molecular weight is 218 g/mol. The van der Waals surface area contributed by atoms with Gasteiger partial charge in [-0.25, -0.2) is 4.79 Å². The maximum Gasteiger partial charge on any atom is 0.433 e. The van der Waals surface area contributed by atoms with E-state index >= 15 is 0 Å². The van der Waals surface area contributed by atoms with Crippen LogP contribution in [0.4, 0.5) is 4.79 Å². The van der Waals surface area contributed by atoms with Crippen LogP contribution in [0.25, 0.3) is 0 Å². The summed E-state index contributed by atoms with van der Waals surface area (Å²) in [6.45, 7) is 6.25. The summed E-state index contributed by atoms with van der Waals surface area (Å²) in [4.78, 5) is 15.4. The Morgan fingerprint density at radius 1 is 1.57 bits per heavy atom. The molecule has 0 aliphatic carbocycles. The monoisotopic (exact) mass is 218 g/mol. The summed E-state index contributed by atoms with van der Waals surface area (Å²) in [5, 5.41) is 7.00. The Morgan fingerprint density at radius 3 is 2.64 bits per heavy atom. The number of nitrogens with zero attached hydrogens (tertiary/aromatic N) is 1. The fourth-order valence-corrected chi connectivity index (χ4v) is 1.65. The molecule has 0 aromatic heterocycles. The summed E-state index contributed by atoms with van der Waals surface area (Å²) < 4.78 is 0. The highest BCUT2D eigenvalue weighted by atomic mass is 32.2. The van der Waals surface area contributed by atoms with Crippen molar-refractivity contribution in [3.8, 4) is 0 Å². The zero-order valence-electron chi connectivity index (χ0n) is 9.16. The van der Waals surface area contributed by atoms with Gasteiger partial charge >= 0.3 is 6.09 Å². The Hall–Kier alpha value is -0.710. The fourth-order valence-electron chi connectivity index (χ4n) is 0.776. The fraction of sp³-hybridized carbons (Fsp3) is 0.778. The first-order chi connectivity index (χ1) is 6.60. The molecule has 1 amide bonds. The van der Waals surface area contributed by atoms with Gasteiger partial charge in [-0.1, -0.05) is 25.9 Å². The van der Waals surface area contributed by atoms with Crippen molar-refractivity contribution in [2.24, 2.45) is 11.1 Å². The number of nitrogens with one attached hydrogen (secondary N) is 1. The second-order valence-corrected chi connectivity index (χ2v) is 4.48. The van der Waals surface area contributed by atoms with E-state index in [9.17, 15) is 4.79 Å². The normalized spacial score (nSPS) is 11.6. The van der Waals surface area contributed by atoms with Crippen molar-refractivity contribution in [1.82, 2.24) is 5.32 Å². The maximum atomic E-state index is 10.8. The third-order valence-corrected chi connectivity index (χ3v) is 2.19. The van der Waals surface area contributed by atoms with Crippen LogP contribution in [0.5, 0.6) is 0 Å². The molecule has 0 aliphatic rings. The highest BCUT2D eigenvalue weighted by Crippen LogP contribution is 2.13. The lowest BCUT2D eigenvalue weighted by Crippen LogP contribution is -2.17. The highest BCUT2D eigenvalue weighted by Gasteiger charge is 2.05. The molecule has 0 saturated heterocycles. The molecule has 0 fully saturated rings. The van der Waals surface area contributed by atoms with Crippen LogP contribution in [0, 0.1) is 5.92 Å². The number of thioether (sulfide) groups is 1. The molecule has 0 aliphatic heterocycles. The summed E-state index contributed by atoms with van der Waals surface area (Å²) in [7, 11) is 1.51. The maximum absolute atomic E-state index is 10.8. The van der Waals surface area contributed by atoms with E-state index in [2.05, 4.69) is 29.2 Å². The van der Waals surface area contributed by atoms with Gasteiger partial charge < -0.3 is 5.32 Å². The zero-order chi connectivity index (χ0) is 11.0. The van der Waals surface area contributed by atoms with E-state index in [0.29, 0.717) is 5.92 Å². The molecular weight excluding hydrogens is 200 g/mol. The second-order valence-electron chi connectivity index (χ2n) is 3.14. The molecule has 0 unspecified atom stereocenters. The quantitative estimate of drug-likeness (QED) is 0.341. The van der Waals surface area contributed by atoms with Gasteiger partial charge in [0, 0.05) is 13.5 Å². The van der Waals surface area contributed by atoms with E-state index < -0.39 is 6.09 Å². The number of oxime groups is 1. The van der Waals surface area contributed by atoms with Gasteiger partial charge in [-0.05, 0) is 11.7 Å². The van der Waals surface area contributed by atoms with Gasteiger partial charge in [-0.15, -0.1) is 11.8 Å². The summed E-state index contributed by atoms with van der Waals surface area (Å²) in [5.74, 6) is 1.45. The van der Waals surface area contributed by atoms with E-state index in [4.69, 9.17) is 0 Å². The first kappa shape index (κ1) is 13.3. The van der Waals surface area contributed by atoms with Gasteiger partial charge in [0.05, 0.1) is 0 Å². The lowest BCUT2D eigenvalue weighted by atomic mass is 10.1. The van der Waals surface area contributed by atoms with Crippen LogP contribution in [0.15, 0.2) is 5.16 Å². The second kappa shape index (κ2) is 7.67. The van der Waals surface area contributed by atoms with E-state index in [0.717, 1.165) is 17.2 Å². The van der Waals surface area contributed by atoms with Crippen molar-refractivity contribution in [1.29, 1.82) is 0 Å². The number of amides is 1. The van der Waals surface area contributed by atoms with Gasteiger partial charge in [0.15, 0.2) is 0 Å². The molecule has 1 N–H and O–H groups in total. The standard InChI is InChI=1S/C9H18N2O2S/c1-5-14-8(6-7(2)3)11-13-9(12)10-4/h7H,5-6H2,1-4H3,(H,10,12). The number of carbonyl (C=O) groups is 1. The minimum atomic E-state index is -0.525. The molecule has 82 valence electrons. The minimum absolute atomic E-state index is 0.515. The van der Waals surface area contributed by atoms with Gasteiger partial charge in [-0.2, -0.15) is 0 Å². The van der Waals surface area contributed by atoms with Gasteiger partial charge in [0.1, 0.15) is 5.04 Å². The predicted octanol–water partition coefficient (Wildman–Crippen LogP) is 2.46. The number of carbonyl (C=O) groups excluding carboxylic acids is 1. The lowest BCUT2D eigenvalue weighted by Gasteiger charge is -2.06. The van der Waals surface area contributed by atoms with Crippen molar-refractivity contribution >= 4 is 22.9 Å². The molecule has 0 spiro atoms. The van der Waals surface area contributed by atoms with Gasteiger partial charge in [0.25, 0.3) is 0 Å². The molecule has 0 radical (unpaired) electrons. The zero-order valence-corrected chi connectivity index (χ0v) is 9.98. The molecule has 4 nitrogen and oxygen atoms in total. The van der Waals surface area contributed by atoms with Crippen molar-refractivity contribution < 1.29 is 9.63 Å². The van der Waals surface area contributed by atoms with E-state index in [1.54, 1.807) is 11.8 Å². The molecule has 0 heterocycles. The topological polar surface area (TPSA) is 50.7 Å². The number of hydrogen-bond donors (Lipinski definition) is 1. The first-order valence-electron chi connectivity index (χ1n) is 4.68. The van der Waals surface area contributed by atoms with Gasteiger partial charge in [-0.3, -0.25) is 4.84 Å². The van der Waals surface area contributed by atoms with Crippen molar-refractivity contribution in [3.63, 3.8) is 0 Å². The average Bonchev–Trinajstić information content (AvgIpc) is 2.13. The summed E-state index contributed by atoms with van der Waals surface area (Å²) in [5.41, 5.74) is 0. The molecule has 0 aromatic rings. The molecular formula is C9H18N2O2S. The van der Waals surface area contributed by atoms with Crippen LogP contribution in [0.3, 0.4) is 0 Å². The molecule has 5 heteroatoms. The first-order valence-corrected chi connectivity index (χ1v) is 5.67. The van der Waals surface area contributed by atoms with Crippen LogP contribution in [-0.4, -0.2) is 23.9 Å². The van der Waals surface area contributed by atoms with E-state index in [1.807, 2.05) is 6.92 Å². The van der Waals surface area contributed by atoms with Gasteiger partial charge in [0.2, 0.25) is 0 Å². The SMILES string of the molecule is CCSC(CC(C)C)=NOC(=O)NC. The summed E-state index contributed by atoms with van der Waals surface area (Å²) >= 11 is 1.60. The highest BCUT2D eigenvalue weighted by molar-refractivity contribution is 8.13. The Morgan fingerprint density at radius 2 is 2.21 bits per heavy atom. The molecule has 0 aromatic carbocycles.